The minimum Gasteiger partial charge on any atom is -0.396 e. The average Bonchev–Trinajstić information content (AvgIpc) is 2.80. The van der Waals surface area contributed by atoms with Crippen molar-refractivity contribution in [2.45, 2.75) is 38.3 Å². The van der Waals surface area contributed by atoms with Crippen LogP contribution in [0.1, 0.15) is 31.2 Å². The van der Waals surface area contributed by atoms with E-state index in [1.165, 1.54) is 0 Å². The van der Waals surface area contributed by atoms with Gasteiger partial charge in [0.15, 0.2) is 11.6 Å². The Hall–Kier alpha value is -1.00. The number of aliphatic hydroxyl groups excluding tert-OH is 1. The zero-order valence-electron chi connectivity index (χ0n) is 10.4. The fraction of sp³-hybridized carbons (Fsp3) is 0.571. The number of likely N-dealkylation sites (tertiary alicyclic amines) is 1. The van der Waals surface area contributed by atoms with E-state index in [2.05, 4.69) is 4.90 Å². The molecule has 0 saturated carbocycles. The van der Waals surface area contributed by atoms with Gasteiger partial charge >= 0.3 is 0 Å². The maximum absolute atomic E-state index is 13.6. The molecule has 1 aromatic carbocycles. The monoisotopic (exact) mass is 255 g/mol. The van der Waals surface area contributed by atoms with Gasteiger partial charge in [0.2, 0.25) is 0 Å². The molecule has 18 heavy (non-hydrogen) atoms. The largest absolute Gasteiger partial charge is 0.396 e. The van der Waals surface area contributed by atoms with Crippen molar-refractivity contribution in [1.29, 1.82) is 0 Å². The number of benzene rings is 1. The molecule has 0 aliphatic carbocycles. The first-order valence-electron chi connectivity index (χ1n) is 6.50. The highest BCUT2D eigenvalue weighted by molar-refractivity contribution is 5.19. The molecule has 0 aromatic heterocycles. The molecular weight excluding hydrogens is 236 g/mol. The molecule has 2 nitrogen and oxygen atoms in total. The van der Waals surface area contributed by atoms with Crippen molar-refractivity contribution in [3.63, 3.8) is 0 Å². The maximum Gasteiger partial charge on any atom is 0.163 e. The first kappa shape index (κ1) is 13.4. The number of aliphatic hydroxyl groups is 1. The van der Waals surface area contributed by atoms with Gasteiger partial charge in [-0.25, -0.2) is 8.78 Å². The zero-order chi connectivity index (χ0) is 13.0. The Morgan fingerprint density at radius 1 is 1.33 bits per heavy atom. The van der Waals surface area contributed by atoms with Crippen LogP contribution < -0.4 is 0 Å². The molecule has 100 valence electrons. The molecule has 2 rings (SSSR count). The van der Waals surface area contributed by atoms with E-state index in [0.29, 0.717) is 18.2 Å². The maximum atomic E-state index is 13.6. The molecule has 1 unspecified atom stereocenters. The molecule has 1 saturated heterocycles. The second kappa shape index (κ2) is 6.25. The molecule has 1 N–H and O–H groups in total. The predicted octanol–water partition coefficient (Wildman–Crippen LogP) is 2.70. The highest BCUT2D eigenvalue weighted by atomic mass is 19.2. The van der Waals surface area contributed by atoms with E-state index in [1.54, 1.807) is 12.1 Å². The molecule has 0 amide bonds. The normalized spacial score (nSPS) is 20.5. The van der Waals surface area contributed by atoms with E-state index < -0.39 is 11.6 Å². The average molecular weight is 255 g/mol. The van der Waals surface area contributed by atoms with Crippen molar-refractivity contribution in [3.05, 3.63) is 35.4 Å². The predicted molar refractivity (Wildman–Crippen MR) is 66.1 cm³/mol. The molecule has 1 fully saturated rings. The Kier molecular flexibility index (Phi) is 4.66. The summed E-state index contributed by atoms with van der Waals surface area (Å²) in [7, 11) is 0. The topological polar surface area (TPSA) is 23.5 Å². The molecule has 1 aliphatic rings. The molecular formula is C14H19F2NO. The van der Waals surface area contributed by atoms with Gasteiger partial charge in [-0.1, -0.05) is 12.1 Å². The summed E-state index contributed by atoms with van der Waals surface area (Å²) in [6.07, 6.45) is 3.87. The SMILES string of the molecule is OCCCC1CCCN1Cc1cccc(F)c1F. The van der Waals surface area contributed by atoms with Gasteiger partial charge in [0, 0.05) is 24.8 Å². The van der Waals surface area contributed by atoms with Gasteiger partial charge in [-0.2, -0.15) is 0 Å². The van der Waals surface area contributed by atoms with E-state index >= 15 is 0 Å². The smallest absolute Gasteiger partial charge is 0.163 e. The highest BCUT2D eigenvalue weighted by Gasteiger charge is 2.25. The van der Waals surface area contributed by atoms with Crippen LogP contribution >= 0.6 is 0 Å². The van der Waals surface area contributed by atoms with Gasteiger partial charge in [-0.05, 0) is 38.3 Å². The van der Waals surface area contributed by atoms with E-state index in [1.807, 2.05) is 0 Å². The Bertz CT molecular complexity index is 397. The molecule has 1 aromatic rings. The number of halogens is 2. The molecule has 0 spiro atoms. The lowest BCUT2D eigenvalue weighted by molar-refractivity contribution is 0.207. The summed E-state index contributed by atoms with van der Waals surface area (Å²) in [5.74, 6) is -1.51. The number of nitrogens with zero attached hydrogens (tertiary/aromatic N) is 1. The van der Waals surface area contributed by atoms with Crippen LogP contribution in [0.5, 0.6) is 0 Å². The van der Waals surface area contributed by atoms with Gasteiger partial charge < -0.3 is 5.11 Å². The van der Waals surface area contributed by atoms with Gasteiger partial charge in [0.05, 0.1) is 0 Å². The molecule has 1 atom stereocenters. The van der Waals surface area contributed by atoms with Crippen molar-refractivity contribution in [1.82, 2.24) is 4.90 Å². The Morgan fingerprint density at radius 3 is 2.94 bits per heavy atom. The summed E-state index contributed by atoms with van der Waals surface area (Å²) in [6.45, 7) is 1.57. The lowest BCUT2D eigenvalue weighted by Crippen LogP contribution is -2.29. The number of rotatable bonds is 5. The minimum absolute atomic E-state index is 0.193. The summed E-state index contributed by atoms with van der Waals surface area (Å²) in [5, 5.41) is 8.85. The molecule has 1 aliphatic heterocycles. The third-order valence-corrected chi connectivity index (χ3v) is 3.60. The Labute approximate surface area is 106 Å². The van der Waals surface area contributed by atoms with Gasteiger partial charge in [0.25, 0.3) is 0 Å². The number of hydrogen-bond donors (Lipinski definition) is 1. The second-order valence-corrected chi connectivity index (χ2v) is 4.85. The third kappa shape index (κ3) is 3.06. The lowest BCUT2D eigenvalue weighted by atomic mass is 10.1. The first-order chi connectivity index (χ1) is 8.72. The molecule has 4 heteroatoms. The van der Waals surface area contributed by atoms with Gasteiger partial charge in [-0.15, -0.1) is 0 Å². The van der Waals surface area contributed by atoms with E-state index in [-0.39, 0.29) is 6.61 Å². The second-order valence-electron chi connectivity index (χ2n) is 4.85. The number of hydrogen-bond acceptors (Lipinski definition) is 2. The van der Waals surface area contributed by atoms with Crippen molar-refractivity contribution in [3.8, 4) is 0 Å². The van der Waals surface area contributed by atoms with Crippen LogP contribution in [0, 0.1) is 11.6 Å². The fourth-order valence-electron chi connectivity index (χ4n) is 2.65. The van der Waals surface area contributed by atoms with E-state index in [9.17, 15) is 8.78 Å². The van der Waals surface area contributed by atoms with Crippen LogP contribution in [-0.4, -0.2) is 29.2 Å². The van der Waals surface area contributed by atoms with Gasteiger partial charge in [-0.3, -0.25) is 4.90 Å². The summed E-state index contributed by atoms with van der Waals surface area (Å²) in [4.78, 5) is 2.19. The van der Waals surface area contributed by atoms with Crippen LogP contribution in [-0.2, 0) is 6.54 Å². The fourth-order valence-corrected chi connectivity index (χ4v) is 2.65. The highest BCUT2D eigenvalue weighted by Crippen LogP contribution is 2.24. The third-order valence-electron chi connectivity index (χ3n) is 3.60. The summed E-state index contributed by atoms with van der Waals surface area (Å²) in [6, 6.07) is 4.72. The van der Waals surface area contributed by atoms with E-state index in [4.69, 9.17) is 5.11 Å². The summed E-state index contributed by atoms with van der Waals surface area (Å²) < 4.78 is 26.7. The van der Waals surface area contributed by atoms with Crippen LogP contribution in [0.25, 0.3) is 0 Å². The van der Waals surface area contributed by atoms with Crippen LogP contribution in [0.4, 0.5) is 8.78 Å². The van der Waals surface area contributed by atoms with Crippen molar-refractivity contribution < 1.29 is 13.9 Å². The van der Waals surface area contributed by atoms with Crippen LogP contribution in [0.2, 0.25) is 0 Å². The van der Waals surface area contributed by atoms with Crippen LogP contribution in [0.15, 0.2) is 18.2 Å². The molecule has 0 bridgehead atoms. The van der Waals surface area contributed by atoms with Crippen LogP contribution in [0.3, 0.4) is 0 Å². The van der Waals surface area contributed by atoms with Crippen molar-refractivity contribution in [2.24, 2.45) is 0 Å². The standard InChI is InChI=1S/C14H19F2NO/c15-13-7-1-4-11(14(13)16)10-17-8-2-5-12(17)6-3-9-18/h1,4,7,12,18H,2-3,5-6,8-10H2. The minimum atomic E-state index is -0.779. The summed E-state index contributed by atoms with van der Waals surface area (Å²) in [5.41, 5.74) is 0.422. The Balaban J connectivity index is 2.01. The quantitative estimate of drug-likeness (QED) is 0.874. The lowest BCUT2D eigenvalue weighted by Gasteiger charge is -2.24. The zero-order valence-corrected chi connectivity index (χ0v) is 10.4. The van der Waals surface area contributed by atoms with Gasteiger partial charge in [0.1, 0.15) is 0 Å². The Morgan fingerprint density at radius 2 is 2.17 bits per heavy atom. The van der Waals surface area contributed by atoms with Crippen molar-refractivity contribution >= 4 is 0 Å². The first-order valence-corrected chi connectivity index (χ1v) is 6.50. The van der Waals surface area contributed by atoms with E-state index in [0.717, 1.165) is 38.3 Å². The van der Waals surface area contributed by atoms with Crippen molar-refractivity contribution in [2.75, 3.05) is 13.2 Å². The molecule has 0 radical (unpaired) electrons. The molecule has 1 heterocycles. The summed E-state index contributed by atoms with van der Waals surface area (Å²) >= 11 is 0.